The first-order valence-corrected chi connectivity index (χ1v) is 12.7. The van der Waals surface area contributed by atoms with Crippen molar-refractivity contribution >= 4 is 40.6 Å². The highest BCUT2D eigenvalue weighted by molar-refractivity contribution is 7.66. The van der Waals surface area contributed by atoms with Gasteiger partial charge in [0.05, 0.1) is 19.0 Å². The zero-order valence-corrected chi connectivity index (χ0v) is 18.1. The van der Waals surface area contributed by atoms with Gasteiger partial charge in [-0.2, -0.15) is 13.6 Å². The summed E-state index contributed by atoms with van der Waals surface area (Å²) in [6, 6.07) is -1.19. The highest BCUT2D eigenvalue weighted by Crippen LogP contribution is 2.66. The fourth-order valence-electron chi connectivity index (χ4n) is 2.76. The lowest BCUT2D eigenvalue weighted by Crippen LogP contribution is -2.40. The highest BCUT2D eigenvalue weighted by atomic mass is 31.3. The van der Waals surface area contributed by atoms with Crippen molar-refractivity contribution in [2.75, 3.05) is 12.3 Å². The maximum atomic E-state index is 11.9. The molecule has 6 atom stereocenters. The predicted octanol–water partition coefficient (Wildman–Crippen LogP) is -2.37. The maximum absolute atomic E-state index is 11.9. The zero-order chi connectivity index (χ0) is 24.1. The lowest BCUT2D eigenvalue weighted by Gasteiger charge is -2.19. The molecule has 3 heterocycles. The molecule has 0 saturated carbocycles. The van der Waals surface area contributed by atoms with Gasteiger partial charge in [0.2, 0.25) is 5.95 Å². The number of phosphoric acid groups is 3. The molecule has 0 aromatic carbocycles. The van der Waals surface area contributed by atoms with E-state index in [0.717, 1.165) is 6.33 Å². The molecule has 0 aliphatic carbocycles. The van der Waals surface area contributed by atoms with Crippen molar-refractivity contribution in [3.63, 3.8) is 0 Å². The van der Waals surface area contributed by atoms with Crippen LogP contribution in [0.1, 0.15) is 6.23 Å². The van der Waals surface area contributed by atoms with Crippen LogP contribution in [0.4, 0.5) is 5.95 Å². The summed E-state index contributed by atoms with van der Waals surface area (Å²) in [7, 11) is -16.7. The van der Waals surface area contributed by atoms with E-state index in [9.17, 15) is 28.5 Å². The van der Waals surface area contributed by atoms with Crippen LogP contribution in [0.3, 0.4) is 0 Å². The number of aromatic nitrogens is 4. The first-order valence-electron chi connectivity index (χ1n) is 8.18. The highest BCUT2D eigenvalue weighted by Gasteiger charge is 2.46. The third-order valence-corrected chi connectivity index (χ3v) is 7.76. The third-order valence-electron chi connectivity index (χ3n) is 3.96. The van der Waals surface area contributed by atoms with Crippen LogP contribution in [-0.4, -0.2) is 69.1 Å². The molecule has 180 valence electrons. The Balaban J connectivity index is 1.72. The fraction of sp³-hybridized carbons (Fsp3) is 0.500. The SMILES string of the molecule is Nc1nc2c(ncn2[C@@H]2O[C@H](COP(=O)(O)OP(=O)(O)OP(=O)(O)O)[C@@H](O)[C@H]2N)c(=O)[nH]1. The van der Waals surface area contributed by atoms with Crippen molar-refractivity contribution < 1.29 is 56.3 Å². The summed E-state index contributed by atoms with van der Waals surface area (Å²) in [5.41, 5.74) is 10.6. The van der Waals surface area contributed by atoms with Gasteiger partial charge in [0.15, 0.2) is 17.4 Å². The van der Waals surface area contributed by atoms with Crippen molar-refractivity contribution in [2.24, 2.45) is 5.73 Å². The molecule has 1 aliphatic rings. The zero-order valence-electron chi connectivity index (χ0n) is 15.4. The minimum Gasteiger partial charge on any atom is -0.389 e. The largest absolute Gasteiger partial charge is 0.490 e. The number of nitrogens with one attached hydrogen (secondary N) is 1. The Kier molecular flexibility index (Phi) is 6.78. The minimum absolute atomic E-state index is 0.0348. The fourth-order valence-corrected chi connectivity index (χ4v) is 5.79. The third kappa shape index (κ3) is 5.67. The number of nitrogens with two attached hydrogens (primary N) is 2. The summed E-state index contributed by atoms with van der Waals surface area (Å²) >= 11 is 0. The van der Waals surface area contributed by atoms with Crippen LogP contribution in [0.2, 0.25) is 0 Å². The van der Waals surface area contributed by atoms with Crippen molar-refractivity contribution in [3.05, 3.63) is 16.7 Å². The second-order valence-corrected chi connectivity index (χ2v) is 10.7. The average Bonchev–Trinajstić information content (AvgIpc) is 3.12. The van der Waals surface area contributed by atoms with Gasteiger partial charge in [-0.05, 0) is 0 Å². The predicted molar refractivity (Wildman–Crippen MR) is 100 cm³/mol. The number of phosphoric ester groups is 1. The number of aliphatic hydroxyl groups is 1. The van der Waals surface area contributed by atoms with Crippen LogP contribution < -0.4 is 17.0 Å². The number of fused-ring (bicyclic) bond motifs is 1. The minimum atomic E-state index is -5.71. The number of nitrogens with zero attached hydrogens (tertiary/aromatic N) is 3. The molecular formula is C10H17N6O13P3. The Bertz CT molecular complexity index is 1210. The molecule has 0 amide bonds. The molecule has 2 aromatic heterocycles. The average molecular weight is 522 g/mol. The number of imidazole rings is 1. The smallest absolute Gasteiger partial charge is 0.389 e. The van der Waals surface area contributed by atoms with E-state index in [0.29, 0.717) is 0 Å². The molecule has 1 aliphatic heterocycles. The molecule has 2 aromatic rings. The standard InChI is InChI=1S/C10H17N6O13P3/c11-4-6(17)3(1-26-31(22,23)29-32(24,25)28-30(19,20)21)27-9(4)16-2-13-5-7(16)14-10(12)15-8(5)18/h2-4,6,9,17H,1,11H2,(H,22,23)(H,24,25)(H2,19,20,21)(H3,12,14,15,18)/t3-,4-,6-,9-/m1/s1. The van der Waals surface area contributed by atoms with E-state index in [-0.39, 0.29) is 17.1 Å². The molecule has 10 N–H and O–H groups in total. The van der Waals surface area contributed by atoms with Gasteiger partial charge in [0.1, 0.15) is 12.2 Å². The lowest BCUT2D eigenvalue weighted by atomic mass is 10.1. The summed E-state index contributed by atoms with van der Waals surface area (Å²) < 4.78 is 52.0. The van der Waals surface area contributed by atoms with E-state index < -0.39 is 60.1 Å². The van der Waals surface area contributed by atoms with Crippen LogP contribution in [0.5, 0.6) is 0 Å². The molecule has 22 heteroatoms. The quantitative estimate of drug-likeness (QED) is 0.168. The Hall–Kier alpha value is -1.56. The van der Waals surface area contributed by atoms with Crippen LogP contribution in [0.15, 0.2) is 11.1 Å². The Labute approximate surface area is 176 Å². The van der Waals surface area contributed by atoms with Gasteiger partial charge in [0.25, 0.3) is 5.56 Å². The first-order chi connectivity index (χ1) is 14.6. The number of rotatable bonds is 8. The molecule has 1 fully saturated rings. The maximum Gasteiger partial charge on any atom is 0.490 e. The molecule has 0 spiro atoms. The normalized spacial score (nSPS) is 27.9. The van der Waals surface area contributed by atoms with Gasteiger partial charge in [-0.3, -0.25) is 18.9 Å². The molecule has 3 rings (SSSR count). The molecule has 32 heavy (non-hydrogen) atoms. The van der Waals surface area contributed by atoms with Crippen LogP contribution in [-0.2, 0) is 31.6 Å². The number of ether oxygens (including phenoxy) is 1. The van der Waals surface area contributed by atoms with E-state index in [1.807, 2.05) is 0 Å². The number of H-pyrrole nitrogens is 1. The topological polar surface area (TPSA) is 305 Å². The van der Waals surface area contributed by atoms with E-state index in [2.05, 4.69) is 28.1 Å². The molecular weight excluding hydrogens is 505 g/mol. The number of aliphatic hydroxyl groups excluding tert-OH is 1. The summed E-state index contributed by atoms with van der Waals surface area (Å²) in [4.78, 5) is 57.5. The first kappa shape index (κ1) is 25.1. The molecule has 1 saturated heterocycles. The Morgan fingerprint density at radius 1 is 1.19 bits per heavy atom. The summed E-state index contributed by atoms with van der Waals surface area (Å²) in [5, 5.41) is 10.3. The van der Waals surface area contributed by atoms with Crippen LogP contribution in [0.25, 0.3) is 11.2 Å². The van der Waals surface area contributed by atoms with Crippen molar-refractivity contribution in [2.45, 2.75) is 24.5 Å². The molecule has 19 nitrogen and oxygen atoms in total. The lowest BCUT2D eigenvalue weighted by molar-refractivity contribution is -0.0428. The van der Waals surface area contributed by atoms with Crippen molar-refractivity contribution in [1.82, 2.24) is 19.5 Å². The van der Waals surface area contributed by atoms with E-state index in [1.165, 1.54) is 4.57 Å². The molecule has 2 unspecified atom stereocenters. The van der Waals surface area contributed by atoms with Gasteiger partial charge in [-0.1, -0.05) is 0 Å². The number of hydrogen-bond acceptors (Lipinski definition) is 13. The van der Waals surface area contributed by atoms with Gasteiger partial charge < -0.3 is 40.9 Å². The molecule has 0 radical (unpaired) electrons. The second kappa shape index (κ2) is 8.66. The van der Waals surface area contributed by atoms with Crippen molar-refractivity contribution in [3.8, 4) is 0 Å². The Morgan fingerprint density at radius 2 is 1.84 bits per heavy atom. The number of nitrogen functional groups attached to an aromatic ring is 1. The second-order valence-electron chi connectivity index (χ2n) is 6.30. The van der Waals surface area contributed by atoms with E-state index in [1.54, 1.807) is 0 Å². The summed E-state index contributed by atoms with van der Waals surface area (Å²) in [6.45, 7) is -0.933. The Morgan fingerprint density at radius 3 is 2.47 bits per heavy atom. The van der Waals surface area contributed by atoms with Gasteiger partial charge in [-0.25, -0.2) is 18.7 Å². The number of anilines is 1. The summed E-state index contributed by atoms with van der Waals surface area (Å²) in [6.07, 6.45) is -2.99. The number of hydrogen-bond donors (Lipinski definition) is 8. The van der Waals surface area contributed by atoms with E-state index >= 15 is 0 Å². The molecule has 0 bridgehead atoms. The summed E-state index contributed by atoms with van der Waals surface area (Å²) in [5.74, 6) is -0.236. The number of aromatic amines is 1. The van der Waals surface area contributed by atoms with Crippen molar-refractivity contribution in [1.29, 1.82) is 0 Å². The van der Waals surface area contributed by atoms with Crippen LogP contribution >= 0.6 is 23.5 Å². The monoisotopic (exact) mass is 522 g/mol. The van der Waals surface area contributed by atoms with E-state index in [4.69, 9.17) is 30.9 Å². The van der Waals surface area contributed by atoms with Gasteiger partial charge in [0, 0.05) is 0 Å². The van der Waals surface area contributed by atoms with Crippen LogP contribution in [0, 0.1) is 0 Å². The van der Waals surface area contributed by atoms with Gasteiger partial charge in [-0.15, -0.1) is 0 Å². The van der Waals surface area contributed by atoms with Gasteiger partial charge >= 0.3 is 23.5 Å².